The fourth-order valence-corrected chi connectivity index (χ4v) is 2.39. The largest absolute Gasteiger partial charge is 0.395 e. The van der Waals surface area contributed by atoms with Crippen molar-refractivity contribution in [3.05, 3.63) is 35.4 Å². The van der Waals surface area contributed by atoms with Crippen LogP contribution >= 0.6 is 0 Å². The van der Waals surface area contributed by atoms with E-state index in [1.54, 1.807) is 0 Å². The number of aliphatic hydroxyl groups is 1. The normalized spacial score (nSPS) is 10.8. The van der Waals surface area contributed by atoms with Crippen LogP contribution < -0.4 is 0 Å². The van der Waals surface area contributed by atoms with Gasteiger partial charge in [-0.15, -0.1) is 0 Å². The molecule has 1 N–H and O–H groups in total. The third kappa shape index (κ3) is 6.80. The van der Waals surface area contributed by atoms with Gasteiger partial charge >= 0.3 is 0 Å². The van der Waals surface area contributed by atoms with Crippen LogP contribution in [0, 0.1) is 17.8 Å². The minimum absolute atomic E-state index is 0.132. The lowest BCUT2D eigenvalue weighted by molar-refractivity contribution is 0.226. The van der Waals surface area contributed by atoms with Gasteiger partial charge in [0.05, 0.1) is 6.61 Å². The Morgan fingerprint density at radius 3 is 2.29 bits per heavy atom. The van der Waals surface area contributed by atoms with Crippen molar-refractivity contribution in [1.29, 1.82) is 0 Å². The second-order valence-electron chi connectivity index (χ2n) is 5.48. The highest BCUT2D eigenvalue weighted by Crippen LogP contribution is 2.13. The molecule has 0 aromatic heterocycles. The van der Waals surface area contributed by atoms with Crippen LogP contribution in [0.25, 0.3) is 0 Å². The molecule has 2 nitrogen and oxygen atoms in total. The summed E-state index contributed by atoms with van der Waals surface area (Å²) in [7, 11) is 0. The van der Waals surface area contributed by atoms with Crippen LogP contribution in [-0.2, 0) is 6.54 Å². The summed E-state index contributed by atoms with van der Waals surface area (Å²) in [6, 6.07) is 8.48. The molecule has 0 saturated heterocycles. The molecular formula is C19H29NO. The van der Waals surface area contributed by atoms with Crippen LogP contribution in [0.3, 0.4) is 0 Å². The molecule has 0 spiro atoms. The smallest absolute Gasteiger partial charge is 0.0540 e. The van der Waals surface area contributed by atoms with E-state index in [4.69, 9.17) is 5.11 Å². The molecule has 0 atom stereocenters. The first-order valence-corrected chi connectivity index (χ1v) is 8.14. The van der Waals surface area contributed by atoms with Gasteiger partial charge in [-0.1, -0.05) is 57.6 Å². The lowest BCUT2D eigenvalue weighted by Gasteiger charge is -2.25. The summed E-state index contributed by atoms with van der Waals surface area (Å²) in [4.78, 5) is 2.52. The van der Waals surface area contributed by atoms with Crippen LogP contribution in [-0.4, -0.2) is 29.7 Å². The molecule has 0 unspecified atom stereocenters. The molecule has 0 saturated carbocycles. The SMILES string of the molecule is CCC(CC)CN(CC)Cc1ccc(C#CCCO)cc1. The van der Waals surface area contributed by atoms with E-state index in [0.29, 0.717) is 6.42 Å². The maximum absolute atomic E-state index is 8.72. The van der Waals surface area contributed by atoms with Gasteiger partial charge in [0.15, 0.2) is 0 Å². The zero-order valence-corrected chi connectivity index (χ0v) is 13.7. The summed E-state index contributed by atoms with van der Waals surface area (Å²) >= 11 is 0. The molecule has 0 aliphatic rings. The highest BCUT2D eigenvalue weighted by molar-refractivity contribution is 5.36. The van der Waals surface area contributed by atoms with Gasteiger partial charge in [-0.05, 0) is 30.2 Å². The van der Waals surface area contributed by atoms with Gasteiger partial charge in [0.25, 0.3) is 0 Å². The molecule has 0 radical (unpaired) electrons. The Bertz CT molecular complexity index is 437. The Hall–Kier alpha value is -1.30. The fraction of sp³-hybridized carbons (Fsp3) is 0.579. The summed E-state index contributed by atoms with van der Waals surface area (Å²) in [5.74, 6) is 6.82. The van der Waals surface area contributed by atoms with E-state index < -0.39 is 0 Å². The number of nitrogens with zero attached hydrogens (tertiary/aromatic N) is 1. The van der Waals surface area contributed by atoms with Crippen molar-refractivity contribution < 1.29 is 5.11 Å². The van der Waals surface area contributed by atoms with Gasteiger partial charge in [0.2, 0.25) is 0 Å². The first-order chi connectivity index (χ1) is 10.2. The van der Waals surface area contributed by atoms with Crippen molar-refractivity contribution in [2.75, 3.05) is 19.7 Å². The Balaban J connectivity index is 2.59. The van der Waals surface area contributed by atoms with Gasteiger partial charge < -0.3 is 5.11 Å². The predicted molar refractivity (Wildman–Crippen MR) is 90.0 cm³/mol. The number of benzene rings is 1. The second kappa shape index (κ2) is 10.4. The summed E-state index contributed by atoms with van der Waals surface area (Å²) in [6.07, 6.45) is 3.06. The Morgan fingerprint density at radius 2 is 1.76 bits per heavy atom. The molecule has 2 heteroatoms. The number of hydrogen-bond acceptors (Lipinski definition) is 2. The van der Waals surface area contributed by atoms with E-state index in [1.807, 2.05) is 0 Å². The van der Waals surface area contributed by atoms with E-state index in [-0.39, 0.29) is 6.61 Å². The minimum Gasteiger partial charge on any atom is -0.395 e. The van der Waals surface area contributed by atoms with Crippen molar-refractivity contribution in [3.63, 3.8) is 0 Å². The first-order valence-electron chi connectivity index (χ1n) is 8.14. The molecule has 0 bridgehead atoms. The molecule has 116 valence electrons. The monoisotopic (exact) mass is 287 g/mol. The Kier molecular flexibility index (Phi) is 8.82. The lowest BCUT2D eigenvalue weighted by Crippen LogP contribution is -2.28. The van der Waals surface area contributed by atoms with E-state index >= 15 is 0 Å². The van der Waals surface area contributed by atoms with Gasteiger partial charge in [0, 0.05) is 25.1 Å². The number of aliphatic hydroxyl groups excluding tert-OH is 1. The Morgan fingerprint density at radius 1 is 1.10 bits per heavy atom. The topological polar surface area (TPSA) is 23.5 Å². The maximum Gasteiger partial charge on any atom is 0.0540 e. The van der Waals surface area contributed by atoms with Crippen molar-refractivity contribution in [2.24, 2.45) is 5.92 Å². The van der Waals surface area contributed by atoms with E-state index in [9.17, 15) is 0 Å². The molecule has 0 aliphatic carbocycles. The second-order valence-corrected chi connectivity index (χ2v) is 5.48. The number of hydrogen-bond donors (Lipinski definition) is 1. The average Bonchev–Trinajstić information content (AvgIpc) is 2.53. The van der Waals surface area contributed by atoms with Gasteiger partial charge in [-0.2, -0.15) is 0 Å². The quantitative estimate of drug-likeness (QED) is 0.737. The highest BCUT2D eigenvalue weighted by atomic mass is 16.2. The minimum atomic E-state index is 0.132. The molecular weight excluding hydrogens is 258 g/mol. The summed E-state index contributed by atoms with van der Waals surface area (Å²) in [5.41, 5.74) is 2.37. The van der Waals surface area contributed by atoms with Crippen LogP contribution in [0.15, 0.2) is 24.3 Å². The predicted octanol–water partition coefficient (Wildman–Crippen LogP) is 3.68. The van der Waals surface area contributed by atoms with Crippen molar-refractivity contribution >= 4 is 0 Å². The standard InChI is InChI=1S/C19H29NO/c1-4-17(5-2)15-20(6-3)16-19-12-10-18(11-13-19)9-7-8-14-21/h10-13,17,21H,4-6,8,14-16H2,1-3H3. The molecule has 21 heavy (non-hydrogen) atoms. The first kappa shape index (κ1) is 17.8. The third-order valence-electron chi connectivity index (χ3n) is 3.95. The van der Waals surface area contributed by atoms with Crippen molar-refractivity contribution in [1.82, 2.24) is 4.90 Å². The molecule has 1 aromatic rings. The van der Waals surface area contributed by atoms with Crippen molar-refractivity contribution in [2.45, 2.75) is 46.6 Å². The van der Waals surface area contributed by atoms with Gasteiger partial charge in [-0.25, -0.2) is 0 Å². The van der Waals surface area contributed by atoms with Crippen LogP contribution in [0.2, 0.25) is 0 Å². The summed E-state index contributed by atoms with van der Waals surface area (Å²) < 4.78 is 0. The van der Waals surface area contributed by atoms with E-state index in [0.717, 1.165) is 24.6 Å². The molecule has 0 heterocycles. The maximum atomic E-state index is 8.72. The van der Waals surface area contributed by atoms with Gasteiger partial charge in [-0.3, -0.25) is 4.90 Å². The molecule has 0 amide bonds. The lowest BCUT2D eigenvalue weighted by atomic mass is 10.0. The molecule has 1 aromatic carbocycles. The average molecular weight is 287 g/mol. The highest BCUT2D eigenvalue weighted by Gasteiger charge is 2.10. The van der Waals surface area contributed by atoms with Crippen molar-refractivity contribution in [3.8, 4) is 11.8 Å². The van der Waals surface area contributed by atoms with Crippen LogP contribution in [0.4, 0.5) is 0 Å². The summed E-state index contributed by atoms with van der Waals surface area (Å²) in [5, 5.41) is 8.72. The Labute approximate surface area is 130 Å². The fourth-order valence-electron chi connectivity index (χ4n) is 2.39. The zero-order valence-electron chi connectivity index (χ0n) is 13.7. The molecule has 0 aliphatic heterocycles. The van der Waals surface area contributed by atoms with Gasteiger partial charge in [0.1, 0.15) is 0 Å². The molecule has 0 fully saturated rings. The molecule has 1 rings (SSSR count). The third-order valence-corrected chi connectivity index (χ3v) is 3.95. The van der Waals surface area contributed by atoms with Crippen LogP contribution in [0.1, 0.15) is 51.2 Å². The van der Waals surface area contributed by atoms with E-state index in [1.165, 1.54) is 24.9 Å². The van der Waals surface area contributed by atoms with E-state index in [2.05, 4.69) is 61.8 Å². The number of rotatable bonds is 8. The zero-order chi connectivity index (χ0) is 15.5. The summed E-state index contributed by atoms with van der Waals surface area (Å²) in [6.45, 7) is 10.2. The van der Waals surface area contributed by atoms with Crippen LogP contribution in [0.5, 0.6) is 0 Å².